The van der Waals surface area contributed by atoms with E-state index in [9.17, 15) is 0 Å². The van der Waals surface area contributed by atoms with E-state index in [4.69, 9.17) is 10.8 Å². The third-order valence-electron chi connectivity index (χ3n) is 2.41. The molecule has 0 fully saturated rings. The molecule has 2 nitrogen and oxygen atoms in total. The van der Waals surface area contributed by atoms with E-state index in [0.29, 0.717) is 0 Å². The average Bonchev–Trinajstić information content (AvgIpc) is 1.85. The Balaban J connectivity index is 3.98. The molecule has 0 saturated heterocycles. The van der Waals surface area contributed by atoms with Crippen LogP contribution in [0.1, 0.15) is 52.9 Å². The van der Waals surface area contributed by atoms with Gasteiger partial charge in [0.1, 0.15) is 6.23 Å². The first kappa shape index (κ1) is 11.9. The second-order valence-electron chi connectivity index (χ2n) is 4.08. The molecule has 0 aromatic heterocycles. The Bertz CT molecular complexity index is 106. The summed E-state index contributed by atoms with van der Waals surface area (Å²) in [5, 5.41) is 9.12. The Morgan fingerprint density at radius 2 is 1.67 bits per heavy atom. The van der Waals surface area contributed by atoms with Gasteiger partial charge in [-0.25, -0.2) is 0 Å². The summed E-state index contributed by atoms with van der Waals surface area (Å²) in [5.41, 5.74) is 5.64. The van der Waals surface area contributed by atoms with Crippen LogP contribution in [-0.2, 0) is 0 Å². The van der Waals surface area contributed by atoms with Crippen LogP contribution in [-0.4, -0.2) is 11.3 Å². The minimum absolute atomic E-state index is 0.248. The molecule has 0 rings (SSSR count). The molecule has 0 radical (unpaired) electrons. The first-order valence-corrected chi connectivity index (χ1v) is 4.97. The summed E-state index contributed by atoms with van der Waals surface area (Å²) in [6.07, 6.45) is 4.75. The van der Waals surface area contributed by atoms with Crippen molar-refractivity contribution in [2.45, 2.75) is 59.1 Å². The van der Waals surface area contributed by atoms with Crippen LogP contribution in [0.25, 0.3) is 0 Å². The van der Waals surface area contributed by atoms with Crippen molar-refractivity contribution in [2.24, 2.45) is 11.1 Å². The van der Waals surface area contributed by atoms with E-state index in [-0.39, 0.29) is 5.41 Å². The summed E-state index contributed by atoms with van der Waals surface area (Å²) in [7, 11) is 0. The number of rotatable bonds is 6. The van der Waals surface area contributed by atoms with Crippen LogP contribution < -0.4 is 5.73 Å². The Hall–Kier alpha value is -0.0800. The van der Waals surface area contributed by atoms with Gasteiger partial charge in [-0.3, -0.25) is 0 Å². The average molecular weight is 173 g/mol. The maximum Gasteiger partial charge on any atom is 0.102 e. The summed E-state index contributed by atoms with van der Waals surface area (Å²) < 4.78 is 0. The molecular formula is C10H23NO. The van der Waals surface area contributed by atoms with Gasteiger partial charge in [0.2, 0.25) is 0 Å². The van der Waals surface area contributed by atoms with Gasteiger partial charge in [-0.2, -0.15) is 0 Å². The molecule has 0 aliphatic heterocycles. The van der Waals surface area contributed by atoms with Crippen LogP contribution >= 0.6 is 0 Å². The lowest BCUT2D eigenvalue weighted by molar-refractivity contribution is 0.0985. The van der Waals surface area contributed by atoms with Crippen LogP contribution in [0.2, 0.25) is 0 Å². The van der Waals surface area contributed by atoms with Crippen molar-refractivity contribution in [3.05, 3.63) is 0 Å². The lowest BCUT2D eigenvalue weighted by Crippen LogP contribution is -2.29. The normalized spacial score (nSPS) is 14.8. The van der Waals surface area contributed by atoms with Gasteiger partial charge in [0.15, 0.2) is 0 Å². The van der Waals surface area contributed by atoms with Gasteiger partial charge in [0.05, 0.1) is 0 Å². The van der Waals surface area contributed by atoms with Crippen molar-refractivity contribution in [2.75, 3.05) is 0 Å². The third kappa shape index (κ3) is 4.73. The summed E-state index contributed by atoms with van der Waals surface area (Å²) in [6, 6.07) is 0. The molecule has 12 heavy (non-hydrogen) atoms. The minimum atomic E-state index is -0.645. The highest BCUT2D eigenvalue weighted by Crippen LogP contribution is 2.33. The molecule has 0 aromatic rings. The van der Waals surface area contributed by atoms with Crippen LogP contribution in [0.15, 0.2) is 0 Å². The number of hydrogen-bond donors (Lipinski definition) is 2. The summed E-state index contributed by atoms with van der Waals surface area (Å²) in [5.74, 6) is 0. The largest absolute Gasteiger partial charge is 0.379 e. The fourth-order valence-electron chi connectivity index (χ4n) is 2.04. The maximum absolute atomic E-state index is 9.12. The maximum atomic E-state index is 9.12. The fourth-order valence-corrected chi connectivity index (χ4v) is 2.04. The van der Waals surface area contributed by atoms with Crippen molar-refractivity contribution in [1.82, 2.24) is 0 Å². The molecule has 0 spiro atoms. The Morgan fingerprint density at radius 1 is 1.25 bits per heavy atom. The van der Waals surface area contributed by atoms with Gasteiger partial charge < -0.3 is 10.8 Å². The van der Waals surface area contributed by atoms with E-state index in [1.165, 1.54) is 12.8 Å². The highest BCUT2D eigenvalue weighted by atomic mass is 16.3. The minimum Gasteiger partial charge on any atom is -0.379 e. The van der Waals surface area contributed by atoms with Gasteiger partial charge in [-0.15, -0.1) is 0 Å². The van der Waals surface area contributed by atoms with E-state index in [1.54, 1.807) is 0 Å². The molecule has 2 heteroatoms. The monoisotopic (exact) mass is 173 g/mol. The molecule has 0 heterocycles. The zero-order chi connectivity index (χ0) is 9.61. The standard InChI is InChI=1S/C10H23NO/c1-4-6-10(3,7-5-2)8-9(11)12/h9,12H,4-8,11H2,1-3H3. The Morgan fingerprint density at radius 3 is 1.92 bits per heavy atom. The molecule has 0 saturated carbocycles. The highest BCUT2D eigenvalue weighted by molar-refractivity contribution is 4.75. The third-order valence-corrected chi connectivity index (χ3v) is 2.41. The van der Waals surface area contributed by atoms with Gasteiger partial charge >= 0.3 is 0 Å². The fraction of sp³-hybridized carbons (Fsp3) is 1.00. The molecule has 0 amide bonds. The molecule has 3 N–H and O–H groups in total. The van der Waals surface area contributed by atoms with Crippen LogP contribution in [0.3, 0.4) is 0 Å². The number of aliphatic hydroxyl groups is 1. The second-order valence-corrected chi connectivity index (χ2v) is 4.08. The van der Waals surface area contributed by atoms with E-state index in [1.807, 2.05) is 0 Å². The number of hydrogen-bond acceptors (Lipinski definition) is 2. The predicted octanol–water partition coefficient (Wildman–Crippen LogP) is 2.26. The summed E-state index contributed by atoms with van der Waals surface area (Å²) >= 11 is 0. The molecule has 0 aromatic carbocycles. The van der Waals surface area contributed by atoms with E-state index >= 15 is 0 Å². The van der Waals surface area contributed by atoms with Gasteiger partial charge in [-0.1, -0.05) is 33.6 Å². The molecule has 0 aliphatic carbocycles. The highest BCUT2D eigenvalue weighted by Gasteiger charge is 2.23. The SMILES string of the molecule is CCCC(C)(CCC)CC(N)O. The van der Waals surface area contributed by atoms with E-state index in [2.05, 4.69) is 20.8 Å². The van der Waals surface area contributed by atoms with E-state index < -0.39 is 6.23 Å². The lowest BCUT2D eigenvalue weighted by Gasteiger charge is -2.30. The van der Waals surface area contributed by atoms with Gasteiger partial charge in [0, 0.05) is 0 Å². The number of nitrogens with two attached hydrogens (primary N) is 1. The first-order chi connectivity index (χ1) is 5.54. The smallest absolute Gasteiger partial charge is 0.102 e. The first-order valence-electron chi connectivity index (χ1n) is 4.97. The molecule has 1 atom stereocenters. The van der Waals surface area contributed by atoms with Crippen molar-refractivity contribution in [3.8, 4) is 0 Å². The van der Waals surface area contributed by atoms with Gasteiger partial charge in [-0.05, 0) is 24.7 Å². The van der Waals surface area contributed by atoms with Crippen LogP contribution in [0.5, 0.6) is 0 Å². The summed E-state index contributed by atoms with van der Waals surface area (Å²) in [4.78, 5) is 0. The Kier molecular flexibility index (Phi) is 5.51. The van der Waals surface area contributed by atoms with Crippen molar-refractivity contribution >= 4 is 0 Å². The number of aliphatic hydroxyl groups excluding tert-OH is 1. The van der Waals surface area contributed by atoms with Crippen LogP contribution in [0.4, 0.5) is 0 Å². The topological polar surface area (TPSA) is 46.2 Å². The zero-order valence-corrected chi connectivity index (χ0v) is 8.64. The Labute approximate surface area is 76.2 Å². The van der Waals surface area contributed by atoms with Gasteiger partial charge in [0.25, 0.3) is 0 Å². The zero-order valence-electron chi connectivity index (χ0n) is 8.64. The van der Waals surface area contributed by atoms with Crippen molar-refractivity contribution < 1.29 is 5.11 Å². The molecule has 0 aliphatic rings. The second kappa shape index (κ2) is 5.55. The molecule has 74 valence electrons. The van der Waals surface area contributed by atoms with Crippen molar-refractivity contribution in [1.29, 1.82) is 0 Å². The molecule has 0 bridgehead atoms. The van der Waals surface area contributed by atoms with E-state index in [0.717, 1.165) is 19.3 Å². The molecular weight excluding hydrogens is 150 g/mol. The lowest BCUT2D eigenvalue weighted by atomic mass is 9.78. The predicted molar refractivity (Wildman–Crippen MR) is 52.7 cm³/mol. The quantitative estimate of drug-likeness (QED) is 0.605. The van der Waals surface area contributed by atoms with Crippen molar-refractivity contribution in [3.63, 3.8) is 0 Å². The van der Waals surface area contributed by atoms with Crippen LogP contribution in [0, 0.1) is 5.41 Å². The summed E-state index contributed by atoms with van der Waals surface area (Å²) in [6.45, 7) is 6.57. The molecule has 1 unspecified atom stereocenters.